The Morgan fingerprint density at radius 3 is 2.64 bits per heavy atom. The minimum atomic E-state index is -0.275. The summed E-state index contributed by atoms with van der Waals surface area (Å²) in [6.07, 6.45) is 3.30. The van der Waals surface area contributed by atoms with Crippen molar-refractivity contribution < 1.29 is 9.90 Å². The maximum atomic E-state index is 11.7. The first kappa shape index (κ1) is 11.5. The van der Waals surface area contributed by atoms with E-state index >= 15 is 0 Å². The van der Waals surface area contributed by atoms with Crippen LogP contribution in [-0.2, 0) is 4.79 Å². The van der Waals surface area contributed by atoms with Gasteiger partial charge >= 0.3 is 0 Å². The number of amides is 1. The van der Waals surface area contributed by atoms with Crippen LogP contribution in [0.2, 0.25) is 0 Å². The Morgan fingerprint density at radius 2 is 2.29 bits per heavy atom. The van der Waals surface area contributed by atoms with E-state index in [0.29, 0.717) is 13.0 Å². The molecule has 0 bridgehead atoms. The van der Waals surface area contributed by atoms with Crippen molar-refractivity contribution in [3.05, 3.63) is 0 Å². The second-order valence-corrected chi connectivity index (χ2v) is 4.08. The first-order valence-electron chi connectivity index (χ1n) is 5.30. The quantitative estimate of drug-likeness (QED) is 0.565. The summed E-state index contributed by atoms with van der Waals surface area (Å²) >= 11 is 0. The largest absolute Gasteiger partial charge is 0.396 e. The van der Waals surface area contributed by atoms with Gasteiger partial charge in [-0.05, 0) is 25.7 Å². The topological polar surface area (TPSA) is 75.3 Å². The maximum absolute atomic E-state index is 11.7. The lowest BCUT2D eigenvalue weighted by molar-refractivity contribution is -0.126. The highest BCUT2D eigenvalue weighted by molar-refractivity contribution is 5.85. The maximum Gasteiger partial charge on any atom is 0.227 e. The highest BCUT2D eigenvalue weighted by Crippen LogP contribution is 2.44. The van der Waals surface area contributed by atoms with Crippen LogP contribution in [0.15, 0.2) is 0 Å². The zero-order valence-corrected chi connectivity index (χ0v) is 8.75. The van der Waals surface area contributed by atoms with E-state index in [9.17, 15) is 4.79 Å². The molecule has 1 amide bonds. The standard InChI is InChI=1S/C10H20N2O2/c1-2-8(3-6-13)12-9(14)10(7-11)4-5-10/h8,13H,2-7,11H2,1H3,(H,12,14). The lowest BCUT2D eigenvalue weighted by Gasteiger charge is -2.19. The monoisotopic (exact) mass is 200 g/mol. The molecule has 4 N–H and O–H groups in total. The van der Waals surface area contributed by atoms with Crippen molar-refractivity contribution in [2.24, 2.45) is 11.1 Å². The molecule has 4 nitrogen and oxygen atoms in total. The minimum absolute atomic E-state index is 0.0697. The predicted octanol–water partition coefficient (Wildman–Crippen LogP) is 0.00250. The van der Waals surface area contributed by atoms with E-state index in [1.165, 1.54) is 0 Å². The number of carbonyl (C=O) groups is 1. The number of hydrogen-bond acceptors (Lipinski definition) is 3. The van der Waals surface area contributed by atoms with Gasteiger partial charge in [0.05, 0.1) is 5.41 Å². The molecule has 1 atom stereocenters. The summed E-state index contributed by atoms with van der Waals surface area (Å²) in [5.41, 5.74) is 5.28. The lowest BCUT2D eigenvalue weighted by atomic mass is 10.0. The molecule has 1 saturated carbocycles. The summed E-state index contributed by atoms with van der Waals surface area (Å²) in [6.45, 7) is 2.56. The molecule has 4 heteroatoms. The molecule has 0 heterocycles. The summed E-state index contributed by atoms with van der Waals surface area (Å²) < 4.78 is 0. The summed E-state index contributed by atoms with van der Waals surface area (Å²) in [6, 6.07) is 0.0940. The third kappa shape index (κ3) is 2.45. The number of hydrogen-bond donors (Lipinski definition) is 3. The van der Waals surface area contributed by atoms with Crippen LogP contribution in [0.4, 0.5) is 0 Å². The van der Waals surface area contributed by atoms with Crippen molar-refractivity contribution in [3.8, 4) is 0 Å². The number of aliphatic hydroxyl groups excluding tert-OH is 1. The molecule has 1 aliphatic carbocycles. The van der Waals surface area contributed by atoms with Crippen LogP contribution in [0.1, 0.15) is 32.6 Å². The Kier molecular flexibility index (Phi) is 3.89. The van der Waals surface area contributed by atoms with Gasteiger partial charge in [-0.2, -0.15) is 0 Å². The van der Waals surface area contributed by atoms with Gasteiger partial charge in [-0.15, -0.1) is 0 Å². The number of nitrogens with one attached hydrogen (secondary N) is 1. The van der Waals surface area contributed by atoms with Crippen LogP contribution in [0, 0.1) is 5.41 Å². The van der Waals surface area contributed by atoms with Crippen molar-refractivity contribution in [1.82, 2.24) is 5.32 Å². The highest BCUT2D eigenvalue weighted by atomic mass is 16.3. The Balaban J connectivity index is 2.38. The van der Waals surface area contributed by atoms with Crippen molar-refractivity contribution in [2.75, 3.05) is 13.2 Å². The molecule has 14 heavy (non-hydrogen) atoms. The summed E-state index contributed by atoms with van der Waals surface area (Å²) in [7, 11) is 0. The highest BCUT2D eigenvalue weighted by Gasteiger charge is 2.48. The minimum Gasteiger partial charge on any atom is -0.396 e. The fraction of sp³-hybridized carbons (Fsp3) is 0.900. The first-order valence-corrected chi connectivity index (χ1v) is 5.30. The van der Waals surface area contributed by atoms with E-state index in [4.69, 9.17) is 10.8 Å². The SMILES string of the molecule is CCC(CCO)NC(=O)C1(CN)CC1. The smallest absolute Gasteiger partial charge is 0.227 e. The molecule has 0 spiro atoms. The van der Waals surface area contributed by atoms with Gasteiger partial charge in [0.2, 0.25) is 5.91 Å². The molecule has 1 rings (SSSR count). The van der Waals surface area contributed by atoms with Gasteiger partial charge in [0.1, 0.15) is 0 Å². The van der Waals surface area contributed by atoms with Crippen molar-refractivity contribution in [3.63, 3.8) is 0 Å². The third-order valence-electron chi connectivity index (χ3n) is 3.03. The van der Waals surface area contributed by atoms with E-state index in [-0.39, 0.29) is 24.0 Å². The normalized spacial score (nSPS) is 20.2. The molecule has 0 aromatic rings. The Hall–Kier alpha value is -0.610. The van der Waals surface area contributed by atoms with Gasteiger partial charge in [0.25, 0.3) is 0 Å². The van der Waals surface area contributed by atoms with Crippen LogP contribution in [0.3, 0.4) is 0 Å². The zero-order valence-electron chi connectivity index (χ0n) is 8.75. The van der Waals surface area contributed by atoms with E-state index < -0.39 is 0 Å². The van der Waals surface area contributed by atoms with Crippen molar-refractivity contribution >= 4 is 5.91 Å². The Bertz CT molecular complexity index is 202. The lowest BCUT2D eigenvalue weighted by Crippen LogP contribution is -2.42. The van der Waals surface area contributed by atoms with Crippen LogP contribution in [0.5, 0.6) is 0 Å². The van der Waals surface area contributed by atoms with E-state index in [0.717, 1.165) is 19.3 Å². The van der Waals surface area contributed by atoms with E-state index in [1.54, 1.807) is 0 Å². The van der Waals surface area contributed by atoms with Gasteiger partial charge in [-0.3, -0.25) is 4.79 Å². The van der Waals surface area contributed by atoms with Gasteiger partial charge in [0.15, 0.2) is 0 Å². The van der Waals surface area contributed by atoms with Gasteiger partial charge in [-0.25, -0.2) is 0 Å². The van der Waals surface area contributed by atoms with E-state index in [2.05, 4.69) is 5.32 Å². The van der Waals surface area contributed by atoms with Gasteiger partial charge in [-0.1, -0.05) is 6.92 Å². The van der Waals surface area contributed by atoms with Crippen molar-refractivity contribution in [2.45, 2.75) is 38.6 Å². The first-order chi connectivity index (χ1) is 6.68. The molecule has 1 fully saturated rings. The molecule has 0 aromatic heterocycles. The molecular formula is C10H20N2O2. The Morgan fingerprint density at radius 1 is 1.64 bits per heavy atom. The van der Waals surface area contributed by atoms with Crippen LogP contribution in [-0.4, -0.2) is 30.2 Å². The van der Waals surface area contributed by atoms with Crippen molar-refractivity contribution in [1.29, 1.82) is 0 Å². The van der Waals surface area contributed by atoms with Gasteiger partial charge < -0.3 is 16.2 Å². The van der Waals surface area contributed by atoms with Crippen LogP contribution >= 0.6 is 0 Å². The third-order valence-corrected chi connectivity index (χ3v) is 3.03. The van der Waals surface area contributed by atoms with Gasteiger partial charge in [0, 0.05) is 19.2 Å². The number of rotatable bonds is 6. The molecule has 0 aliphatic heterocycles. The number of carbonyl (C=O) groups excluding carboxylic acids is 1. The number of nitrogens with two attached hydrogens (primary N) is 1. The molecule has 0 saturated heterocycles. The summed E-state index contributed by atoms with van der Waals surface area (Å²) in [5, 5.41) is 11.7. The zero-order chi connectivity index (χ0) is 10.6. The molecule has 82 valence electrons. The molecule has 0 radical (unpaired) electrons. The second-order valence-electron chi connectivity index (χ2n) is 4.08. The van der Waals surface area contributed by atoms with E-state index in [1.807, 2.05) is 6.92 Å². The number of aliphatic hydroxyl groups is 1. The molecule has 0 aromatic carbocycles. The predicted molar refractivity (Wildman–Crippen MR) is 54.6 cm³/mol. The fourth-order valence-corrected chi connectivity index (χ4v) is 1.55. The average Bonchev–Trinajstić information content (AvgIpc) is 2.97. The summed E-state index contributed by atoms with van der Waals surface area (Å²) in [5.74, 6) is 0.0697. The molecular weight excluding hydrogens is 180 g/mol. The fourth-order valence-electron chi connectivity index (χ4n) is 1.55. The summed E-state index contributed by atoms with van der Waals surface area (Å²) in [4.78, 5) is 11.7. The van der Waals surface area contributed by atoms with Crippen LogP contribution < -0.4 is 11.1 Å². The second kappa shape index (κ2) is 4.75. The molecule has 1 unspecified atom stereocenters. The molecule has 1 aliphatic rings. The Labute approximate surface area is 84.9 Å². The van der Waals surface area contributed by atoms with Crippen LogP contribution in [0.25, 0.3) is 0 Å². The average molecular weight is 200 g/mol.